The number of imidazole rings is 1. The fraction of sp³-hybridized carbons (Fsp3) is 0.647. The van der Waals surface area contributed by atoms with Gasteiger partial charge in [-0.2, -0.15) is 0 Å². The van der Waals surface area contributed by atoms with Crippen LogP contribution in [0.5, 0.6) is 0 Å². The summed E-state index contributed by atoms with van der Waals surface area (Å²) in [7, 11) is 0. The van der Waals surface area contributed by atoms with Gasteiger partial charge in [0.1, 0.15) is 23.0 Å². The second kappa shape index (κ2) is 7.07. The molecule has 1 aliphatic carbocycles. The summed E-state index contributed by atoms with van der Waals surface area (Å²) in [5.74, 6) is 0. The van der Waals surface area contributed by atoms with E-state index in [9.17, 15) is 10.2 Å². The number of fused-ring (bicyclic) bond motifs is 1. The van der Waals surface area contributed by atoms with Gasteiger partial charge < -0.3 is 20.3 Å². The number of rotatable bonds is 4. The van der Waals surface area contributed by atoms with E-state index in [0.29, 0.717) is 23.3 Å². The second-order valence-electron chi connectivity index (χ2n) is 6.91. The first kappa shape index (κ1) is 17.0. The third-order valence-electron chi connectivity index (χ3n) is 5.16. The Morgan fingerprint density at radius 3 is 2.84 bits per heavy atom. The fourth-order valence-corrected chi connectivity index (χ4v) is 4.00. The summed E-state index contributed by atoms with van der Waals surface area (Å²) < 4.78 is 7.51. The van der Waals surface area contributed by atoms with Crippen molar-refractivity contribution in [1.29, 1.82) is 0 Å². The molecule has 0 radical (unpaired) electrons. The van der Waals surface area contributed by atoms with Gasteiger partial charge in [0.25, 0.3) is 0 Å². The molecule has 2 aliphatic rings. The minimum atomic E-state index is -0.702. The maximum absolute atomic E-state index is 9.98. The molecule has 7 nitrogen and oxygen atoms in total. The molecule has 8 heteroatoms. The maximum atomic E-state index is 9.98. The standard InChI is InChI=1S/C17H23ClN4O3/c18-14-6-11(20-10-4-2-1-3-5-10)16-17(21-14)22(9-19-16)15-7-12(24)13(8-23)25-15/h6,9-10,12-13,15,23-24H,1-5,7-8H2,(H,20,21). The predicted molar refractivity (Wildman–Crippen MR) is 94.7 cm³/mol. The Kier molecular flexibility index (Phi) is 4.82. The van der Waals surface area contributed by atoms with Crippen molar-refractivity contribution in [2.24, 2.45) is 0 Å². The van der Waals surface area contributed by atoms with Gasteiger partial charge in [0.15, 0.2) is 5.65 Å². The first-order valence-corrected chi connectivity index (χ1v) is 9.27. The number of aliphatic hydroxyl groups is 2. The first-order valence-electron chi connectivity index (χ1n) is 8.89. The fourth-order valence-electron chi connectivity index (χ4n) is 3.81. The van der Waals surface area contributed by atoms with Crippen molar-refractivity contribution in [2.45, 2.75) is 63.0 Å². The lowest BCUT2D eigenvalue weighted by atomic mass is 9.95. The molecule has 4 rings (SSSR count). The third-order valence-corrected chi connectivity index (χ3v) is 5.35. The lowest BCUT2D eigenvalue weighted by Gasteiger charge is -2.24. The number of halogens is 1. The van der Waals surface area contributed by atoms with E-state index in [2.05, 4.69) is 15.3 Å². The highest BCUT2D eigenvalue weighted by Gasteiger charge is 2.35. The van der Waals surface area contributed by atoms with Gasteiger partial charge in [-0.15, -0.1) is 0 Å². The zero-order valence-electron chi connectivity index (χ0n) is 13.9. The number of nitrogens with zero attached hydrogens (tertiary/aromatic N) is 3. The van der Waals surface area contributed by atoms with Crippen LogP contribution in [0, 0.1) is 0 Å². The predicted octanol–water partition coefficient (Wildman–Crippen LogP) is 2.47. The monoisotopic (exact) mass is 366 g/mol. The van der Waals surface area contributed by atoms with Crippen LogP contribution in [-0.4, -0.2) is 49.6 Å². The van der Waals surface area contributed by atoms with Crippen molar-refractivity contribution in [3.8, 4) is 0 Å². The smallest absolute Gasteiger partial charge is 0.165 e. The van der Waals surface area contributed by atoms with Crippen molar-refractivity contribution in [1.82, 2.24) is 14.5 Å². The van der Waals surface area contributed by atoms with Gasteiger partial charge in [-0.3, -0.25) is 4.57 Å². The Morgan fingerprint density at radius 2 is 2.12 bits per heavy atom. The molecule has 1 saturated heterocycles. The Hall–Kier alpha value is -1.41. The molecule has 3 unspecified atom stereocenters. The molecule has 3 heterocycles. The van der Waals surface area contributed by atoms with Crippen LogP contribution in [0.2, 0.25) is 5.15 Å². The minimum absolute atomic E-state index is 0.215. The molecule has 25 heavy (non-hydrogen) atoms. The average molecular weight is 367 g/mol. The van der Waals surface area contributed by atoms with Gasteiger partial charge in [-0.05, 0) is 12.8 Å². The van der Waals surface area contributed by atoms with Crippen molar-refractivity contribution >= 4 is 28.5 Å². The number of hydrogen-bond acceptors (Lipinski definition) is 6. The SMILES string of the molecule is OCC1OC(n2cnc3c(NC4CCCCC4)cc(Cl)nc32)CC1O. The van der Waals surface area contributed by atoms with Crippen LogP contribution in [0.15, 0.2) is 12.4 Å². The van der Waals surface area contributed by atoms with Crippen LogP contribution in [0.25, 0.3) is 11.2 Å². The van der Waals surface area contributed by atoms with Crippen molar-refractivity contribution in [2.75, 3.05) is 11.9 Å². The summed E-state index contributed by atoms with van der Waals surface area (Å²) >= 11 is 6.24. The molecular weight excluding hydrogens is 344 g/mol. The normalized spacial score (nSPS) is 27.9. The summed E-state index contributed by atoms with van der Waals surface area (Å²) in [6, 6.07) is 2.25. The highest BCUT2D eigenvalue weighted by molar-refractivity contribution is 6.30. The van der Waals surface area contributed by atoms with Gasteiger partial charge >= 0.3 is 0 Å². The van der Waals surface area contributed by atoms with Crippen LogP contribution in [0.1, 0.15) is 44.8 Å². The van der Waals surface area contributed by atoms with Crippen LogP contribution in [0.4, 0.5) is 5.69 Å². The van der Waals surface area contributed by atoms with E-state index in [0.717, 1.165) is 24.0 Å². The van der Waals surface area contributed by atoms with Gasteiger partial charge in [-0.25, -0.2) is 9.97 Å². The lowest BCUT2D eigenvalue weighted by molar-refractivity contribution is -0.0432. The maximum Gasteiger partial charge on any atom is 0.165 e. The molecule has 136 valence electrons. The molecule has 0 aromatic carbocycles. The van der Waals surface area contributed by atoms with Gasteiger partial charge in [0.2, 0.25) is 0 Å². The lowest BCUT2D eigenvalue weighted by Crippen LogP contribution is -2.24. The molecular formula is C17H23ClN4O3. The summed E-state index contributed by atoms with van der Waals surface area (Å²) in [5.41, 5.74) is 2.26. The molecule has 2 fully saturated rings. The van der Waals surface area contributed by atoms with Crippen LogP contribution < -0.4 is 5.32 Å². The Morgan fingerprint density at radius 1 is 1.32 bits per heavy atom. The highest BCUT2D eigenvalue weighted by atomic mass is 35.5. The Labute approximate surface area is 151 Å². The molecule has 1 saturated carbocycles. The van der Waals surface area contributed by atoms with E-state index in [-0.39, 0.29) is 6.61 Å². The van der Waals surface area contributed by atoms with Crippen molar-refractivity contribution in [3.63, 3.8) is 0 Å². The highest BCUT2D eigenvalue weighted by Crippen LogP contribution is 2.34. The number of aromatic nitrogens is 3. The molecule has 3 atom stereocenters. The van der Waals surface area contributed by atoms with Crippen LogP contribution >= 0.6 is 11.6 Å². The first-order chi connectivity index (χ1) is 12.2. The summed E-state index contributed by atoms with van der Waals surface area (Å²) in [6.07, 6.45) is 6.43. The molecule has 0 amide bonds. The third kappa shape index (κ3) is 3.33. The zero-order valence-corrected chi connectivity index (χ0v) is 14.7. The summed E-state index contributed by atoms with van der Waals surface area (Å²) in [6.45, 7) is -0.215. The number of nitrogens with one attached hydrogen (secondary N) is 1. The molecule has 2 aromatic rings. The number of aliphatic hydroxyl groups excluding tert-OH is 2. The van der Waals surface area contributed by atoms with E-state index in [4.69, 9.17) is 16.3 Å². The van der Waals surface area contributed by atoms with Crippen molar-refractivity contribution in [3.05, 3.63) is 17.5 Å². The number of anilines is 1. The van der Waals surface area contributed by atoms with E-state index >= 15 is 0 Å². The molecule has 1 aliphatic heterocycles. The number of hydrogen-bond donors (Lipinski definition) is 3. The van der Waals surface area contributed by atoms with Gasteiger partial charge in [0.05, 0.1) is 24.7 Å². The van der Waals surface area contributed by atoms with Gasteiger partial charge in [-0.1, -0.05) is 30.9 Å². The van der Waals surface area contributed by atoms with Gasteiger partial charge in [0, 0.05) is 18.5 Å². The summed E-state index contributed by atoms with van der Waals surface area (Å²) in [4.78, 5) is 8.91. The Balaban J connectivity index is 1.64. The van der Waals surface area contributed by atoms with E-state index in [1.165, 1.54) is 19.3 Å². The molecule has 3 N–H and O–H groups in total. The average Bonchev–Trinajstić information content (AvgIpc) is 3.18. The molecule has 2 aromatic heterocycles. The minimum Gasteiger partial charge on any atom is -0.394 e. The van der Waals surface area contributed by atoms with Crippen LogP contribution in [-0.2, 0) is 4.74 Å². The quantitative estimate of drug-likeness (QED) is 0.720. The number of pyridine rings is 1. The van der Waals surface area contributed by atoms with E-state index in [1.807, 2.05) is 6.07 Å². The summed E-state index contributed by atoms with van der Waals surface area (Å²) in [5, 5.41) is 23.2. The molecule has 0 bridgehead atoms. The molecule has 0 spiro atoms. The van der Waals surface area contributed by atoms with E-state index < -0.39 is 18.4 Å². The largest absolute Gasteiger partial charge is 0.394 e. The van der Waals surface area contributed by atoms with Crippen LogP contribution in [0.3, 0.4) is 0 Å². The number of ether oxygens (including phenoxy) is 1. The Bertz CT molecular complexity index is 747. The second-order valence-corrected chi connectivity index (χ2v) is 7.30. The zero-order chi connectivity index (χ0) is 17.4. The topological polar surface area (TPSA) is 92.4 Å². The van der Waals surface area contributed by atoms with Crippen molar-refractivity contribution < 1.29 is 14.9 Å². The van der Waals surface area contributed by atoms with E-state index in [1.54, 1.807) is 10.9 Å².